The Kier molecular flexibility index (Phi) is 5.82. The molecule has 30 heavy (non-hydrogen) atoms. The number of para-hydroxylation sites is 1. The SMILES string of the molecule is COc1ccc(CNC(c2ccccc2)n2cc(CC(=O)O)c3ccccc32)cc1. The fraction of sp³-hybridized carbons (Fsp3) is 0.160. The molecule has 1 aromatic heterocycles. The minimum Gasteiger partial charge on any atom is -0.497 e. The molecule has 3 aromatic carbocycles. The van der Waals surface area contributed by atoms with Crippen molar-refractivity contribution in [3.8, 4) is 5.75 Å². The first-order chi connectivity index (χ1) is 14.7. The minimum absolute atomic E-state index is 0.00645. The van der Waals surface area contributed by atoms with Gasteiger partial charge in [-0.1, -0.05) is 60.7 Å². The predicted molar refractivity (Wildman–Crippen MR) is 118 cm³/mol. The summed E-state index contributed by atoms with van der Waals surface area (Å²) in [5.41, 5.74) is 4.06. The third-order valence-electron chi connectivity index (χ3n) is 5.22. The number of nitrogens with zero attached hydrogens (tertiary/aromatic N) is 1. The van der Waals surface area contributed by atoms with Crippen LogP contribution in [0.1, 0.15) is 22.9 Å². The highest BCUT2D eigenvalue weighted by Crippen LogP contribution is 2.28. The number of carbonyl (C=O) groups is 1. The lowest BCUT2D eigenvalue weighted by atomic mass is 10.1. The van der Waals surface area contributed by atoms with Crippen molar-refractivity contribution < 1.29 is 14.6 Å². The summed E-state index contributed by atoms with van der Waals surface area (Å²) in [5.74, 6) is -0.00608. The number of fused-ring (bicyclic) bond motifs is 1. The van der Waals surface area contributed by atoms with E-state index >= 15 is 0 Å². The number of carboxylic acids is 1. The molecule has 5 nitrogen and oxygen atoms in total. The van der Waals surface area contributed by atoms with Crippen LogP contribution in [0, 0.1) is 0 Å². The third-order valence-corrected chi connectivity index (χ3v) is 5.22. The van der Waals surface area contributed by atoms with Gasteiger partial charge in [0.25, 0.3) is 0 Å². The Morgan fingerprint density at radius 1 is 1.00 bits per heavy atom. The van der Waals surface area contributed by atoms with Crippen LogP contribution < -0.4 is 10.1 Å². The lowest BCUT2D eigenvalue weighted by molar-refractivity contribution is -0.136. The van der Waals surface area contributed by atoms with E-state index in [2.05, 4.69) is 22.0 Å². The van der Waals surface area contributed by atoms with Crippen LogP contribution in [0.25, 0.3) is 10.9 Å². The van der Waals surface area contributed by atoms with Crippen molar-refractivity contribution >= 4 is 16.9 Å². The number of nitrogens with one attached hydrogen (secondary N) is 1. The molecule has 0 fully saturated rings. The smallest absolute Gasteiger partial charge is 0.307 e. The topological polar surface area (TPSA) is 63.5 Å². The lowest BCUT2D eigenvalue weighted by Crippen LogP contribution is -2.27. The molecule has 0 aliphatic rings. The first kappa shape index (κ1) is 19.7. The van der Waals surface area contributed by atoms with Gasteiger partial charge in [0, 0.05) is 23.6 Å². The van der Waals surface area contributed by atoms with Crippen LogP contribution in [-0.2, 0) is 17.8 Å². The molecule has 1 unspecified atom stereocenters. The summed E-state index contributed by atoms with van der Waals surface area (Å²) in [6.07, 6.45) is 1.81. The summed E-state index contributed by atoms with van der Waals surface area (Å²) in [6, 6.07) is 26.1. The number of hydrogen-bond acceptors (Lipinski definition) is 3. The number of rotatable bonds is 8. The first-order valence-electron chi connectivity index (χ1n) is 9.87. The van der Waals surface area contributed by atoms with Crippen LogP contribution in [0.2, 0.25) is 0 Å². The molecule has 0 bridgehead atoms. The van der Waals surface area contributed by atoms with E-state index in [0.29, 0.717) is 6.54 Å². The van der Waals surface area contributed by atoms with Gasteiger partial charge in [0.15, 0.2) is 0 Å². The zero-order valence-electron chi connectivity index (χ0n) is 16.8. The lowest BCUT2D eigenvalue weighted by Gasteiger charge is -2.22. The Balaban J connectivity index is 1.72. The van der Waals surface area contributed by atoms with Crippen LogP contribution in [-0.4, -0.2) is 22.8 Å². The molecule has 0 aliphatic carbocycles. The molecule has 5 heteroatoms. The highest BCUT2D eigenvalue weighted by atomic mass is 16.5. The maximum atomic E-state index is 11.4. The van der Waals surface area contributed by atoms with Crippen LogP contribution in [0.15, 0.2) is 85.1 Å². The fourth-order valence-electron chi connectivity index (χ4n) is 3.76. The maximum absolute atomic E-state index is 11.4. The summed E-state index contributed by atoms with van der Waals surface area (Å²) in [7, 11) is 1.66. The standard InChI is InChI=1S/C25H24N2O3/c1-30-21-13-11-18(12-14-21)16-26-25(19-7-3-2-4-8-19)27-17-20(15-24(28)29)22-9-5-6-10-23(22)27/h2-14,17,25-26H,15-16H2,1H3,(H,28,29). The molecule has 1 atom stereocenters. The molecule has 0 saturated heterocycles. The minimum atomic E-state index is -0.833. The number of aromatic nitrogens is 1. The molecular weight excluding hydrogens is 376 g/mol. The first-order valence-corrected chi connectivity index (χ1v) is 9.87. The molecule has 0 aliphatic heterocycles. The highest BCUT2D eigenvalue weighted by Gasteiger charge is 2.18. The van der Waals surface area contributed by atoms with Crippen molar-refractivity contribution in [1.82, 2.24) is 9.88 Å². The summed E-state index contributed by atoms with van der Waals surface area (Å²) in [4.78, 5) is 11.4. The van der Waals surface area contributed by atoms with Crippen molar-refractivity contribution in [3.63, 3.8) is 0 Å². The van der Waals surface area contributed by atoms with Crippen LogP contribution >= 0.6 is 0 Å². The fourth-order valence-corrected chi connectivity index (χ4v) is 3.76. The van der Waals surface area contributed by atoms with E-state index < -0.39 is 5.97 Å². The summed E-state index contributed by atoms with van der Waals surface area (Å²) < 4.78 is 7.37. The molecule has 152 valence electrons. The van der Waals surface area contributed by atoms with Gasteiger partial charge in [-0.05, 0) is 34.9 Å². The average molecular weight is 400 g/mol. The molecule has 0 spiro atoms. The van der Waals surface area contributed by atoms with E-state index in [9.17, 15) is 9.90 Å². The summed E-state index contributed by atoms with van der Waals surface area (Å²) >= 11 is 0. The Bertz CT molecular complexity index is 1130. The van der Waals surface area contributed by atoms with E-state index in [4.69, 9.17) is 4.74 Å². The predicted octanol–water partition coefficient (Wildman–Crippen LogP) is 4.61. The molecule has 0 amide bonds. The van der Waals surface area contributed by atoms with Gasteiger partial charge >= 0.3 is 5.97 Å². The largest absolute Gasteiger partial charge is 0.497 e. The second-order valence-corrected chi connectivity index (χ2v) is 7.19. The zero-order valence-corrected chi connectivity index (χ0v) is 16.8. The van der Waals surface area contributed by atoms with E-state index in [1.54, 1.807) is 7.11 Å². The van der Waals surface area contributed by atoms with E-state index in [-0.39, 0.29) is 12.6 Å². The maximum Gasteiger partial charge on any atom is 0.307 e. The Morgan fingerprint density at radius 3 is 2.40 bits per heavy atom. The molecule has 1 heterocycles. The van der Waals surface area contributed by atoms with Crippen molar-refractivity contribution in [1.29, 1.82) is 0 Å². The number of aliphatic carboxylic acids is 1. The van der Waals surface area contributed by atoms with Gasteiger partial charge in [-0.25, -0.2) is 0 Å². The Morgan fingerprint density at radius 2 is 1.70 bits per heavy atom. The Hall–Kier alpha value is -3.57. The van der Waals surface area contributed by atoms with Crippen LogP contribution in [0.3, 0.4) is 0 Å². The van der Waals surface area contributed by atoms with E-state index in [0.717, 1.165) is 33.3 Å². The molecular formula is C25H24N2O3. The second kappa shape index (κ2) is 8.84. The van der Waals surface area contributed by atoms with Crippen molar-refractivity contribution in [2.24, 2.45) is 0 Å². The Labute approximate surface area is 175 Å². The third kappa shape index (κ3) is 4.21. The quantitative estimate of drug-likeness (QED) is 0.453. The van der Waals surface area contributed by atoms with Crippen molar-refractivity contribution in [2.45, 2.75) is 19.1 Å². The summed E-state index contributed by atoms with van der Waals surface area (Å²) in [6.45, 7) is 0.657. The number of hydrogen-bond donors (Lipinski definition) is 2. The van der Waals surface area contributed by atoms with Crippen LogP contribution in [0.5, 0.6) is 5.75 Å². The molecule has 4 rings (SSSR count). The van der Waals surface area contributed by atoms with Gasteiger partial charge in [0.05, 0.1) is 13.5 Å². The van der Waals surface area contributed by atoms with E-state index in [1.165, 1.54) is 0 Å². The second-order valence-electron chi connectivity index (χ2n) is 7.19. The molecule has 2 N–H and O–H groups in total. The number of carboxylic acid groups (broad SMARTS) is 1. The zero-order chi connectivity index (χ0) is 20.9. The van der Waals surface area contributed by atoms with Gasteiger partial charge in [0.2, 0.25) is 0 Å². The van der Waals surface area contributed by atoms with Gasteiger partial charge in [0.1, 0.15) is 11.9 Å². The van der Waals surface area contributed by atoms with Gasteiger partial charge in [-0.15, -0.1) is 0 Å². The number of benzene rings is 3. The molecule has 0 saturated carbocycles. The van der Waals surface area contributed by atoms with Gasteiger partial charge in [-0.2, -0.15) is 0 Å². The molecule has 0 radical (unpaired) electrons. The normalized spacial score (nSPS) is 12.0. The van der Waals surface area contributed by atoms with Gasteiger partial charge in [-0.3, -0.25) is 10.1 Å². The van der Waals surface area contributed by atoms with Crippen LogP contribution in [0.4, 0.5) is 0 Å². The van der Waals surface area contributed by atoms with E-state index in [1.807, 2.05) is 72.9 Å². The average Bonchev–Trinajstić information content (AvgIpc) is 3.13. The highest BCUT2D eigenvalue weighted by molar-refractivity contribution is 5.87. The number of methoxy groups -OCH3 is 1. The monoisotopic (exact) mass is 400 g/mol. The molecule has 4 aromatic rings. The van der Waals surface area contributed by atoms with Crippen molar-refractivity contribution in [2.75, 3.05) is 7.11 Å². The van der Waals surface area contributed by atoms with Gasteiger partial charge < -0.3 is 14.4 Å². The number of ether oxygens (including phenoxy) is 1. The summed E-state index contributed by atoms with van der Waals surface area (Å²) in [5, 5.41) is 14.0. The van der Waals surface area contributed by atoms with Crippen molar-refractivity contribution in [3.05, 3.63) is 102 Å².